The zero-order valence-electron chi connectivity index (χ0n) is 13.3. The molecule has 3 aromatic rings. The highest BCUT2D eigenvalue weighted by Gasteiger charge is 2.14. The number of hydrogen-bond donors (Lipinski definition) is 2. The molecule has 9 heteroatoms. The van der Waals surface area contributed by atoms with Gasteiger partial charge in [-0.3, -0.25) is 14.6 Å². The van der Waals surface area contributed by atoms with Gasteiger partial charge in [-0.15, -0.1) is 0 Å². The van der Waals surface area contributed by atoms with E-state index in [1.165, 1.54) is 0 Å². The summed E-state index contributed by atoms with van der Waals surface area (Å²) in [6, 6.07) is 5.19. The summed E-state index contributed by atoms with van der Waals surface area (Å²) in [6.07, 6.45) is 3.53. The van der Waals surface area contributed by atoms with Gasteiger partial charge in [0.1, 0.15) is 5.76 Å². The summed E-state index contributed by atoms with van der Waals surface area (Å²) in [5, 5.41) is 13.8. The van der Waals surface area contributed by atoms with E-state index in [0.29, 0.717) is 24.7 Å². The van der Waals surface area contributed by atoms with Crippen molar-refractivity contribution in [3.05, 3.63) is 52.3 Å². The molecular weight excluding hydrogens is 376 g/mol. The predicted molar refractivity (Wildman–Crippen MR) is 91.7 cm³/mol. The van der Waals surface area contributed by atoms with Gasteiger partial charge in [-0.25, -0.2) is 0 Å². The lowest BCUT2D eigenvalue weighted by Gasteiger charge is -2.05. The molecule has 1 amide bonds. The lowest BCUT2D eigenvalue weighted by Crippen LogP contribution is -2.11. The minimum Gasteiger partial charge on any atom is -0.454 e. The molecule has 0 aromatic carbocycles. The molecule has 24 heavy (non-hydrogen) atoms. The molecule has 0 aliphatic rings. The molecule has 0 aliphatic carbocycles. The van der Waals surface area contributed by atoms with Gasteiger partial charge in [0, 0.05) is 18.8 Å². The van der Waals surface area contributed by atoms with Crippen molar-refractivity contribution in [1.29, 1.82) is 0 Å². The van der Waals surface area contributed by atoms with Gasteiger partial charge in [-0.05, 0) is 42.2 Å². The van der Waals surface area contributed by atoms with Gasteiger partial charge in [0.15, 0.2) is 11.6 Å². The maximum Gasteiger partial charge on any atom is 0.292 e. The summed E-state index contributed by atoms with van der Waals surface area (Å²) >= 11 is 3.34. The number of nitrogens with one attached hydrogen (secondary N) is 2. The number of rotatable bonds is 6. The number of anilines is 1. The molecular formula is C15H17BrN6O2. The van der Waals surface area contributed by atoms with Crippen LogP contribution in [0.5, 0.6) is 0 Å². The lowest BCUT2D eigenvalue weighted by atomic mass is 10.4. The van der Waals surface area contributed by atoms with E-state index in [2.05, 4.69) is 36.5 Å². The van der Waals surface area contributed by atoms with Gasteiger partial charge in [0.25, 0.3) is 5.91 Å². The number of nitrogens with zero attached hydrogens (tertiary/aromatic N) is 4. The van der Waals surface area contributed by atoms with Crippen LogP contribution >= 0.6 is 15.9 Å². The third kappa shape index (κ3) is 4.12. The van der Waals surface area contributed by atoms with Crippen molar-refractivity contribution in [3.63, 3.8) is 0 Å². The molecule has 3 aromatic heterocycles. The van der Waals surface area contributed by atoms with E-state index in [0.717, 1.165) is 10.2 Å². The Balaban J connectivity index is 1.62. The lowest BCUT2D eigenvalue weighted by molar-refractivity contribution is 0.0994. The van der Waals surface area contributed by atoms with E-state index in [-0.39, 0.29) is 11.7 Å². The van der Waals surface area contributed by atoms with Crippen molar-refractivity contribution in [2.45, 2.75) is 13.1 Å². The van der Waals surface area contributed by atoms with Gasteiger partial charge in [-0.1, -0.05) is 0 Å². The Hall–Kier alpha value is -2.39. The second-order valence-corrected chi connectivity index (χ2v) is 6.51. The van der Waals surface area contributed by atoms with E-state index in [9.17, 15) is 4.79 Å². The zero-order valence-corrected chi connectivity index (χ0v) is 14.9. The minimum absolute atomic E-state index is 0.230. The number of amides is 1. The monoisotopic (exact) mass is 392 g/mol. The number of aromatic nitrogens is 4. The van der Waals surface area contributed by atoms with Gasteiger partial charge < -0.3 is 14.6 Å². The Morgan fingerprint density at radius 1 is 1.46 bits per heavy atom. The Bertz CT molecular complexity index is 835. The Morgan fingerprint density at radius 3 is 3.00 bits per heavy atom. The largest absolute Gasteiger partial charge is 0.454 e. The van der Waals surface area contributed by atoms with Crippen molar-refractivity contribution in [2.24, 2.45) is 0 Å². The first-order chi connectivity index (χ1) is 11.5. The molecule has 126 valence electrons. The topological polar surface area (TPSA) is 92.0 Å². The average molecular weight is 393 g/mol. The van der Waals surface area contributed by atoms with Gasteiger partial charge in [0.05, 0.1) is 22.9 Å². The second kappa shape index (κ2) is 7.02. The number of aromatic amines is 1. The van der Waals surface area contributed by atoms with Gasteiger partial charge >= 0.3 is 0 Å². The summed E-state index contributed by atoms with van der Waals surface area (Å²) in [7, 11) is 3.92. The predicted octanol–water partition coefficient (Wildman–Crippen LogP) is 2.32. The van der Waals surface area contributed by atoms with Crippen molar-refractivity contribution < 1.29 is 9.21 Å². The third-order valence-electron chi connectivity index (χ3n) is 3.16. The third-order valence-corrected chi connectivity index (χ3v) is 3.57. The highest BCUT2D eigenvalue weighted by atomic mass is 79.9. The summed E-state index contributed by atoms with van der Waals surface area (Å²) in [4.78, 5) is 14.2. The van der Waals surface area contributed by atoms with Crippen molar-refractivity contribution >= 4 is 27.7 Å². The van der Waals surface area contributed by atoms with Crippen LogP contribution in [0.25, 0.3) is 0 Å². The van der Waals surface area contributed by atoms with Gasteiger partial charge in [-0.2, -0.15) is 10.2 Å². The molecule has 2 N–H and O–H groups in total. The van der Waals surface area contributed by atoms with Gasteiger partial charge in [0.2, 0.25) is 0 Å². The molecule has 3 rings (SSSR count). The molecule has 0 aliphatic heterocycles. The van der Waals surface area contributed by atoms with E-state index in [4.69, 9.17) is 4.42 Å². The minimum atomic E-state index is -0.342. The van der Waals surface area contributed by atoms with Crippen LogP contribution in [0.4, 0.5) is 5.82 Å². The number of hydrogen-bond acceptors (Lipinski definition) is 5. The summed E-state index contributed by atoms with van der Waals surface area (Å²) in [5.74, 6) is 0.996. The molecule has 8 nitrogen and oxygen atoms in total. The van der Waals surface area contributed by atoms with E-state index in [1.807, 2.05) is 25.2 Å². The first-order valence-corrected chi connectivity index (χ1v) is 8.06. The number of carbonyl (C=O) groups is 1. The van der Waals surface area contributed by atoms with Crippen molar-refractivity contribution in [2.75, 3.05) is 19.4 Å². The number of carbonyl (C=O) groups excluding carboxylic acids is 1. The summed E-state index contributed by atoms with van der Waals surface area (Å²) in [5.41, 5.74) is 0.916. The molecule has 0 fully saturated rings. The quantitative estimate of drug-likeness (QED) is 0.671. The molecule has 0 unspecified atom stereocenters. The van der Waals surface area contributed by atoms with E-state index < -0.39 is 0 Å². The zero-order chi connectivity index (χ0) is 17.1. The van der Waals surface area contributed by atoms with E-state index in [1.54, 1.807) is 29.1 Å². The molecule has 0 atom stereocenters. The van der Waals surface area contributed by atoms with Crippen molar-refractivity contribution in [1.82, 2.24) is 24.9 Å². The van der Waals surface area contributed by atoms with Crippen molar-refractivity contribution in [3.8, 4) is 0 Å². The SMILES string of the molecule is CN(C)Cc1cc(NC(=O)c2ccc(Cn3cc(Br)cn3)o2)n[nH]1. The highest BCUT2D eigenvalue weighted by Crippen LogP contribution is 2.14. The standard InChI is InChI=1S/C15H17BrN6O2/c1-21(2)8-11-5-14(20-19-11)18-15(23)13-4-3-12(24-13)9-22-7-10(16)6-17-22/h3-7H,8-9H2,1-2H3,(H2,18,19,20,23). The summed E-state index contributed by atoms with van der Waals surface area (Å²) < 4.78 is 8.17. The Morgan fingerprint density at radius 2 is 2.29 bits per heavy atom. The van der Waals surface area contributed by atoms with Crippen LogP contribution in [-0.2, 0) is 13.1 Å². The normalized spacial score (nSPS) is 11.2. The van der Waals surface area contributed by atoms with Crippen LogP contribution in [0.2, 0.25) is 0 Å². The fourth-order valence-electron chi connectivity index (χ4n) is 2.19. The summed E-state index contributed by atoms with van der Waals surface area (Å²) in [6.45, 7) is 1.17. The smallest absolute Gasteiger partial charge is 0.292 e. The Labute approximate surface area is 147 Å². The highest BCUT2D eigenvalue weighted by molar-refractivity contribution is 9.10. The van der Waals surface area contributed by atoms with Crippen LogP contribution in [0, 0.1) is 0 Å². The molecule has 0 saturated heterocycles. The Kier molecular flexibility index (Phi) is 4.81. The van der Waals surface area contributed by atoms with Crippen LogP contribution in [0.15, 0.2) is 39.5 Å². The van der Waals surface area contributed by atoms with Crippen LogP contribution in [-0.4, -0.2) is 44.9 Å². The maximum atomic E-state index is 12.2. The molecule has 0 bridgehead atoms. The van der Waals surface area contributed by atoms with Crippen LogP contribution in [0.3, 0.4) is 0 Å². The first-order valence-electron chi connectivity index (χ1n) is 7.26. The second-order valence-electron chi connectivity index (χ2n) is 5.59. The number of H-pyrrole nitrogens is 1. The molecule has 0 spiro atoms. The first kappa shape index (κ1) is 16.5. The average Bonchev–Trinajstić information content (AvgIpc) is 3.22. The fraction of sp³-hybridized carbons (Fsp3) is 0.267. The molecule has 0 radical (unpaired) electrons. The fourth-order valence-corrected chi connectivity index (χ4v) is 2.52. The number of furan rings is 1. The maximum absolute atomic E-state index is 12.2. The van der Waals surface area contributed by atoms with E-state index >= 15 is 0 Å². The van der Waals surface area contributed by atoms with Crippen LogP contribution < -0.4 is 5.32 Å². The van der Waals surface area contributed by atoms with Crippen LogP contribution in [0.1, 0.15) is 22.0 Å². The number of halogens is 1. The molecule has 0 saturated carbocycles. The molecule has 3 heterocycles.